The van der Waals surface area contributed by atoms with Gasteiger partial charge in [0.2, 0.25) is 11.8 Å². The molecule has 210 valence electrons. The van der Waals surface area contributed by atoms with Crippen LogP contribution in [0.1, 0.15) is 59.9 Å². The molecule has 0 aliphatic carbocycles. The summed E-state index contributed by atoms with van der Waals surface area (Å²) < 4.78 is 4.66. The highest BCUT2D eigenvalue weighted by Gasteiger charge is 2.76. The molecular formula is C29H41BrN2O5S. The van der Waals surface area contributed by atoms with E-state index in [0.717, 1.165) is 12.0 Å². The van der Waals surface area contributed by atoms with Crippen molar-refractivity contribution < 1.29 is 24.2 Å². The van der Waals surface area contributed by atoms with Gasteiger partial charge in [0.05, 0.1) is 35.8 Å². The molecule has 0 aromatic heterocycles. The molecule has 4 rings (SSSR count). The number of aliphatic hydroxyl groups excluding tert-OH is 1. The topological polar surface area (TPSA) is 95.9 Å². The lowest BCUT2D eigenvalue weighted by molar-refractivity contribution is -0.154. The second-order valence-corrected chi connectivity index (χ2v) is 15.5. The number of esters is 1. The fourth-order valence-electron chi connectivity index (χ4n) is 7.18. The fraction of sp³-hybridized carbons (Fsp3) is 0.690. The van der Waals surface area contributed by atoms with Gasteiger partial charge < -0.3 is 20.1 Å². The van der Waals surface area contributed by atoms with E-state index < -0.39 is 34.2 Å². The Balaban J connectivity index is 1.76. The molecule has 38 heavy (non-hydrogen) atoms. The van der Waals surface area contributed by atoms with Crippen LogP contribution in [-0.2, 0) is 25.5 Å². The lowest BCUT2D eigenvalue weighted by Gasteiger charge is -2.40. The summed E-state index contributed by atoms with van der Waals surface area (Å²) in [6, 6.07) is 8.28. The summed E-state index contributed by atoms with van der Waals surface area (Å²) in [6.07, 6.45) is 1.75. The Hall–Kier alpha value is -1.58. The van der Waals surface area contributed by atoms with Crippen LogP contribution in [0.4, 0.5) is 0 Å². The van der Waals surface area contributed by atoms with E-state index in [4.69, 9.17) is 4.74 Å². The zero-order chi connectivity index (χ0) is 28.0. The molecule has 3 heterocycles. The molecule has 3 saturated heterocycles. The number of fused-ring (bicyclic) bond motifs is 1. The fourth-order valence-corrected chi connectivity index (χ4v) is 10.8. The van der Waals surface area contributed by atoms with Crippen molar-refractivity contribution in [2.24, 2.45) is 17.3 Å². The Morgan fingerprint density at radius 3 is 2.47 bits per heavy atom. The van der Waals surface area contributed by atoms with Gasteiger partial charge in [0.25, 0.3) is 0 Å². The van der Waals surface area contributed by atoms with Gasteiger partial charge in [0.1, 0.15) is 6.04 Å². The van der Waals surface area contributed by atoms with E-state index in [1.807, 2.05) is 44.2 Å². The maximum Gasteiger partial charge on any atom is 0.310 e. The molecule has 3 fully saturated rings. The van der Waals surface area contributed by atoms with Gasteiger partial charge in [-0.3, -0.25) is 14.4 Å². The van der Waals surface area contributed by atoms with E-state index in [1.165, 1.54) is 0 Å². The van der Waals surface area contributed by atoms with E-state index in [1.54, 1.807) is 23.6 Å². The highest BCUT2D eigenvalue weighted by atomic mass is 79.9. The lowest BCUT2D eigenvalue weighted by Crippen LogP contribution is -2.60. The smallest absolute Gasteiger partial charge is 0.310 e. The number of ether oxygens (including phenoxy) is 1. The minimum absolute atomic E-state index is 0.0136. The summed E-state index contributed by atoms with van der Waals surface area (Å²) in [5.41, 5.74) is 0.446. The molecule has 0 saturated carbocycles. The molecule has 1 spiro atoms. The molecule has 3 unspecified atom stereocenters. The summed E-state index contributed by atoms with van der Waals surface area (Å²) in [7, 11) is 0. The zero-order valence-corrected chi connectivity index (χ0v) is 25.6. The maximum absolute atomic E-state index is 14.3. The number of carbonyl (C=O) groups excluding carboxylic acids is 3. The van der Waals surface area contributed by atoms with Crippen molar-refractivity contribution in [1.82, 2.24) is 10.2 Å². The predicted octanol–water partition coefficient (Wildman–Crippen LogP) is 3.95. The quantitative estimate of drug-likeness (QED) is 0.325. The number of nitrogens with one attached hydrogen (secondary N) is 1. The highest BCUT2D eigenvalue weighted by Crippen LogP contribution is 2.68. The number of hydrogen-bond donors (Lipinski definition) is 2. The van der Waals surface area contributed by atoms with Crippen LogP contribution in [0.3, 0.4) is 0 Å². The largest absolute Gasteiger partial charge is 0.466 e. The molecule has 7 atom stereocenters. The number of likely N-dealkylation sites (tertiary alicyclic amines) is 1. The molecule has 2 N–H and O–H groups in total. The van der Waals surface area contributed by atoms with E-state index in [-0.39, 0.29) is 46.5 Å². The SMILES string of the molecule is CCOC(=O)[C@H]1[C@@H]2SC3(CC2Br)C(C(=O)NC(C)(C)CC(C)(C)C)N([C@@H](CO)Cc2ccccc2)C(=O)[C@H]13. The Kier molecular flexibility index (Phi) is 8.33. The van der Waals surface area contributed by atoms with Gasteiger partial charge in [-0.2, -0.15) is 0 Å². The van der Waals surface area contributed by atoms with Crippen molar-refractivity contribution in [3.63, 3.8) is 0 Å². The first-order valence-electron chi connectivity index (χ1n) is 13.5. The van der Waals surface area contributed by atoms with Gasteiger partial charge in [-0.15, -0.1) is 11.8 Å². The Morgan fingerprint density at radius 1 is 1.24 bits per heavy atom. The standard InChI is InChI=1S/C29H41BrN2O5S/c1-7-37-26(36)20-21-25(35)32(18(15-33)13-17-11-9-8-10-12-17)23(29(21)14-19(30)22(20)38-29)24(34)31-28(5,6)16-27(2,3)4/h8-12,18-23,33H,7,13-16H2,1-6H3,(H,31,34)/t18-,19?,20-,21+,22-,23?,29?/m1/s1. The predicted molar refractivity (Wildman–Crippen MR) is 153 cm³/mol. The van der Waals surface area contributed by atoms with Gasteiger partial charge in [0.15, 0.2) is 0 Å². The van der Waals surface area contributed by atoms with Gasteiger partial charge in [-0.05, 0) is 51.0 Å². The van der Waals surface area contributed by atoms with E-state index in [0.29, 0.717) is 12.8 Å². The van der Waals surface area contributed by atoms with Crippen LogP contribution in [0.2, 0.25) is 0 Å². The number of rotatable bonds is 9. The van der Waals surface area contributed by atoms with E-state index in [2.05, 4.69) is 42.0 Å². The molecule has 9 heteroatoms. The summed E-state index contributed by atoms with van der Waals surface area (Å²) in [5, 5.41) is 13.7. The Labute approximate surface area is 239 Å². The van der Waals surface area contributed by atoms with Gasteiger partial charge >= 0.3 is 5.97 Å². The van der Waals surface area contributed by atoms with Crippen molar-refractivity contribution in [2.75, 3.05) is 13.2 Å². The minimum Gasteiger partial charge on any atom is -0.466 e. The third-order valence-corrected chi connectivity index (χ3v) is 11.1. The van der Waals surface area contributed by atoms with Crippen LogP contribution < -0.4 is 5.32 Å². The second kappa shape index (κ2) is 10.8. The number of benzene rings is 1. The molecular weight excluding hydrogens is 568 g/mol. The molecule has 3 aliphatic rings. The lowest BCUT2D eigenvalue weighted by atomic mass is 9.71. The normalized spacial score (nSPS) is 31.3. The number of nitrogens with zero attached hydrogens (tertiary/aromatic N) is 1. The molecule has 0 radical (unpaired) electrons. The summed E-state index contributed by atoms with van der Waals surface area (Å²) >= 11 is 5.36. The van der Waals surface area contributed by atoms with Crippen LogP contribution >= 0.6 is 27.7 Å². The summed E-state index contributed by atoms with van der Waals surface area (Å²) in [4.78, 5) is 43.4. The van der Waals surface area contributed by atoms with Crippen LogP contribution in [0.5, 0.6) is 0 Å². The molecule has 2 bridgehead atoms. The monoisotopic (exact) mass is 608 g/mol. The number of thioether (sulfide) groups is 1. The van der Waals surface area contributed by atoms with Crippen LogP contribution in [0.15, 0.2) is 30.3 Å². The number of amides is 2. The van der Waals surface area contributed by atoms with Crippen molar-refractivity contribution in [3.8, 4) is 0 Å². The Morgan fingerprint density at radius 2 is 1.89 bits per heavy atom. The number of halogens is 1. The molecule has 7 nitrogen and oxygen atoms in total. The van der Waals surface area contributed by atoms with E-state index in [9.17, 15) is 19.5 Å². The average Bonchev–Trinajstić information content (AvgIpc) is 3.39. The Bertz CT molecular complexity index is 1060. The van der Waals surface area contributed by atoms with Gasteiger partial charge in [-0.1, -0.05) is 67.0 Å². The van der Waals surface area contributed by atoms with Gasteiger partial charge in [0, 0.05) is 15.6 Å². The van der Waals surface area contributed by atoms with Crippen molar-refractivity contribution in [2.45, 2.75) is 93.3 Å². The van der Waals surface area contributed by atoms with Crippen LogP contribution in [0.25, 0.3) is 0 Å². The third-order valence-electron chi connectivity index (χ3n) is 7.89. The average molecular weight is 610 g/mol. The van der Waals surface area contributed by atoms with Crippen molar-refractivity contribution in [3.05, 3.63) is 35.9 Å². The maximum atomic E-state index is 14.3. The van der Waals surface area contributed by atoms with Crippen molar-refractivity contribution >= 4 is 45.5 Å². The van der Waals surface area contributed by atoms with Crippen LogP contribution in [0, 0.1) is 17.3 Å². The van der Waals surface area contributed by atoms with Crippen molar-refractivity contribution in [1.29, 1.82) is 0 Å². The van der Waals surface area contributed by atoms with Gasteiger partial charge in [-0.25, -0.2) is 0 Å². The minimum atomic E-state index is -0.811. The molecule has 3 aliphatic heterocycles. The molecule has 2 amide bonds. The summed E-state index contributed by atoms with van der Waals surface area (Å²) in [6.45, 7) is 12.1. The number of alkyl halides is 1. The molecule has 1 aromatic rings. The van der Waals surface area contributed by atoms with E-state index >= 15 is 0 Å². The first kappa shape index (κ1) is 29.4. The molecule has 1 aromatic carbocycles. The summed E-state index contributed by atoms with van der Waals surface area (Å²) in [5.74, 6) is -2.14. The number of aliphatic hydroxyl groups is 1. The number of carbonyl (C=O) groups is 3. The zero-order valence-electron chi connectivity index (χ0n) is 23.2. The highest BCUT2D eigenvalue weighted by molar-refractivity contribution is 9.09. The number of hydrogen-bond acceptors (Lipinski definition) is 6. The van der Waals surface area contributed by atoms with Crippen LogP contribution in [-0.4, -0.2) is 73.5 Å². The first-order valence-corrected chi connectivity index (χ1v) is 15.3. The third kappa shape index (κ3) is 5.39. The second-order valence-electron chi connectivity index (χ2n) is 12.8. The first-order chi connectivity index (χ1) is 17.7.